The fourth-order valence-electron chi connectivity index (χ4n) is 2.17. The molecule has 0 bridgehead atoms. The van der Waals surface area contributed by atoms with Crippen molar-refractivity contribution in [3.8, 4) is 0 Å². The van der Waals surface area contributed by atoms with Crippen molar-refractivity contribution < 1.29 is 9.90 Å². The molecule has 1 aliphatic carbocycles. The largest absolute Gasteiger partial charge is 0.481 e. The predicted molar refractivity (Wildman–Crippen MR) is 56.3 cm³/mol. The molecule has 14 heavy (non-hydrogen) atoms. The quantitative estimate of drug-likeness (QED) is 0.688. The van der Waals surface area contributed by atoms with E-state index < -0.39 is 5.97 Å². The summed E-state index contributed by atoms with van der Waals surface area (Å²) in [6.07, 6.45) is 6.95. The van der Waals surface area contributed by atoms with Crippen LogP contribution in [-0.2, 0) is 4.79 Å². The first kappa shape index (κ1) is 11.5. The third-order valence-electron chi connectivity index (χ3n) is 3.00. The molecule has 1 saturated carbocycles. The Morgan fingerprint density at radius 2 is 2.14 bits per heavy atom. The number of hydrogen-bond donors (Lipinski definition) is 2. The summed E-state index contributed by atoms with van der Waals surface area (Å²) in [7, 11) is 0. The summed E-state index contributed by atoms with van der Waals surface area (Å²) >= 11 is 0. The summed E-state index contributed by atoms with van der Waals surface area (Å²) in [5.74, 6) is 0.172. The van der Waals surface area contributed by atoms with Crippen molar-refractivity contribution in [3.05, 3.63) is 0 Å². The maximum atomic E-state index is 10.4. The van der Waals surface area contributed by atoms with Crippen molar-refractivity contribution in [3.63, 3.8) is 0 Å². The minimum atomic E-state index is -0.717. The molecule has 1 aliphatic rings. The molecule has 0 aromatic rings. The Kier molecular flexibility index (Phi) is 4.94. The molecule has 0 aromatic heterocycles. The van der Waals surface area contributed by atoms with E-state index in [0.29, 0.717) is 0 Å². The number of rotatable bonds is 6. The van der Waals surface area contributed by atoms with Gasteiger partial charge in [0.2, 0.25) is 0 Å². The van der Waals surface area contributed by atoms with Crippen LogP contribution in [-0.4, -0.2) is 23.7 Å². The summed E-state index contributed by atoms with van der Waals surface area (Å²) in [6, 6.07) is 0.105. The van der Waals surface area contributed by atoms with Gasteiger partial charge in [-0.15, -0.1) is 0 Å². The smallest absolute Gasteiger partial charge is 0.304 e. The summed E-state index contributed by atoms with van der Waals surface area (Å²) in [6.45, 7) is 2.90. The fraction of sp³-hybridized carbons (Fsp3) is 0.909. The van der Waals surface area contributed by atoms with Crippen LogP contribution in [0.5, 0.6) is 0 Å². The molecule has 0 aromatic carbocycles. The Bertz CT molecular complexity index is 176. The summed E-state index contributed by atoms with van der Waals surface area (Å²) in [4.78, 5) is 10.4. The monoisotopic (exact) mass is 199 g/mol. The van der Waals surface area contributed by atoms with Gasteiger partial charge in [0.25, 0.3) is 0 Å². The van der Waals surface area contributed by atoms with Gasteiger partial charge >= 0.3 is 5.97 Å². The van der Waals surface area contributed by atoms with Gasteiger partial charge in [-0.3, -0.25) is 4.79 Å². The van der Waals surface area contributed by atoms with E-state index in [1.807, 2.05) is 6.92 Å². The Balaban J connectivity index is 1.99. The average molecular weight is 199 g/mol. The van der Waals surface area contributed by atoms with E-state index in [1.165, 1.54) is 32.1 Å². The molecule has 1 rings (SSSR count). The highest BCUT2D eigenvalue weighted by molar-refractivity contribution is 5.67. The zero-order valence-electron chi connectivity index (χ0n) is 8.96. The lowest BCUT2D eigenvalue weighted by molar-refractivity contribution is -0.137. The van der Waals surface area contributed by atoms with E-state index in [2.05, 4.69) is 5.32 Å². The molecule has 1 fully saturated rings. The van der Waals surface area contributed by atoms with Crippen molar-refractivity contribution in [2.24, 2.45) is 5.92 Å². The molecule has 3 nitrogen and oxygen atoms in total. The van der Waals surface area contributed by atoms with E-state index in [9.17, 15) is 4.79 Å². The third kappa shape index (κ3) is 4.61. The molecule has 82 valence electrons. The lowest BCUT2D eigenvalue weighted by Gasteiger charge is -2.13. The number of carbonyl (C=O) groups is 1. The summed E-state index contributed by atoms with van der Waals surface area (Å²) in [5.41, 5.74) is 0. The van der Waals surface area contributed by atoms with Crippen LogP contribution in [0, 0.1) is 5.92 Å². The van der Waals surface area contributed by atoms with E-state index in [4.69, 9.17) is 5.11 Å². The Morgan fingerprint density at radius 3 is 2.71 bits per heavy atom. The summed E-state index contributed by atoms with van der Waals surface area (Å²) < 4.78 is 0. The number of hydrogen-bond acceptors (Lipinski definition) is 2. The molecule has 1 atom stereocenters. The lowest BCUT2D eigenvalue weighted by atomic mass is 10.0. The molecule has 0 heterocycles. The highest BCUT2D eigenvalue weighted by Gasteiger charge is 2.14. The molecular weight excluding hydrogens is 178 g/mol. The fourth-order valence-corrected chi connectivity index (χ4v) is 2.17. The van der Waals surface area contributed by atoms with Crippen LogP contribution >= 0.6 is 0 Å². The Hall–Kier alpha value is -0.570. The number of aliphatic carboxylic acids is 1. The zero-order valence-corrected chi connectivity index (χ0v) is 8.96. The first-order valence-electron chi connectivity index (χ1n) is 5.63. The molecule has 0 radical (unpaired) electrons. The molecule has 0 spiro atoms. The van der Waals surface area contributed by atoms with E-state index in [0.717, 1.165) is 12.5 Å². The van der Waals surface area contributed by atoms with E-state index in [1.54, 1.807) is 0 Å². The molecule has 3 heteroatoms. The number of nitrogens with one attached hydrogen (secondary N) is 1. The molecule has 2 N–H and O–H groups in total. The van der Waals surface area contributed by atoms with Gasteiger partial charge in [-0.1, -0.05) is 25.7 Å². The van der Waals surface area contributed by atoms with E-state index >= 15 is 0 Å². The number of carboxylic acids is 1. The summed E-state index contributed by atoms with van der Waals surface area (Å²) in [5, 5.41) is 11.8. The van der Waals surface area contributed by atoms with Crippen LogP contribution in [0.15, 0.2) is 0 Å². The Labute approximate surface area is 85.9 Å². The number of carboxylic acid groups (broad SMARTS) is 1. The van der Waals surface area contributed by atoms with Gasteiger partial charge < -0.3 is 10.4 Å². The van der Waals surface area contributed by atoms with Gasteiger partial charge in [-0.2, -0.15) is 0 Å². The van der Waals surface area contributed by atoms with Crippen molar-refractivity contribution in [2.45, 2.75) is 51.5 Å². The lowest BCUT2D eigenvalue weighted by Crippen LogP contribution is -2.30. The van der Waals surface area contributed by atoms with Crippen molar-refractivity contribution >= 4 is 5.97 Å². The van der Waals surface area contributed by atoms with E-state index in [-0.39, 0.29) is 12.5 Å². The van der Waals surface area contributed by atoms with Crippen molar-refractivity contribution in [1.29, 1.82) is 0 Å². The minimum Gasteiger partial charge on any atom is -0.481 e. The molecule has 0 amide bonds. The van der Waals surface area contributed by atoms with Gasteiger partial charge in [0.05, 0.1) is 6.42 Å². The highest BCUT2D eigenvalue weighted by Crippen LogP contribution is 2.26. The van der Waals surface area contributed by atoms with Crippen molar-refractivity contribution in [1.82, 2.24) is 5.32 Å². The SMILES string of the molecule is CC(CC(=O)O)NCCC1CCCC1. The van der Waals surface area contributed by atoms with Crippen LogP contribution in [0.25, 0.3) is 0 Å². The van der Waals surface area contributed by atoms with Crippen LogP contribution in [0.2, 0.25) is 0 Å². The molecule has 0 saturated heterocycles. The van der Waals surface area contributed by atoms with Crippen molar-refractivity contribution in [2.75, 3.05) is 6.54 Å². The van der Waals surface area contributed by atoms with Gasteiger partial charge in [-0.25, -0.2) is 0 Å². The average Bonchev–Trinajstić information content (AvgIpc) is 2.55. The Morgan fingerprint density at radius 1 is 1.50 bits per heavy atom. The van der Waals surface area contributed by atoms with Gasteiger partial charge in [0.1, 0.15) is 0 Å². The van der Waals surface area contributed by atoms with Crippen LogP contribution < -0.4 is 5.32 Å². The highest BCUT2D eigenvalue weighted by atomic mass is 16.4. The first-order chi connectivity index (χ1) is 6.68. The minimum absolute atomic E-state index is 0.105. The topological polar surface area (TPSA) is 49.3 Å². The molecule has 1 unspecified atom stereocenters. The standard InChI is InChI=1S/C11H21NO2/c1-9(8-11(13)14)12-7-6-10-4-2-3-5-10/h9-10,12H,2-8H2,1H3,(H,13,14). The normalized spacial score (nSPS) is 19.8. The second-order valence-corrected chi connectivity index (χ2v) is 4.39. The van der Waals surface area contributed by atoms with Crippen LogP contribution in [0.4, 0.5) is 0 Å². The second-order valence-electron chi connectivity index (χ2n) is 4.39. The second kappa shape index (κ2) is 6.02. The predicted octanol–water partition coefficient (Wildman–Crippen LogP) is 2.02. The van der Waals surface area contributed by atoms with Gasteiger partial charge in [0.15, 0.2) is 0 Å². The third-order valence-corrected chi connectivity index (χ3v) is 3.00. The maximum absolute atomic E-state index is 10.4. The van der Waals surface area contributed by atoms with Gasteiger partial charge in [0, 0.05) is 6.04 Å². The zero-order chi connectivity index (χ0) is 10.4. The molecule has 0 aliphatic heterocycles. The molecular formula is C11H21NO2. The van der Waals surface area contributed by atoms with Crippen LogP contribution in [0.3, 0.4) is 0 Å². The maximum Gasteiger partial charge on any atom is 0.304 e. The van der Waals surface area contributed by atoms with Gasteiger partial charge in [-0.05, 0) is 25.8 Å². The van der Waals surface area contributed by atoms with Crippen LogP contribution in [0.1, 0.15) is 45.4 Å². The first-order valence-corrected chi connectivity index (χ1v) is 5.63.